The van der Waals surface area contributed by atoms with Crippen molar-refractivity contribution in [1.29, 1.82) is 0 Å². The lowest BCUT2D eigenvalue weighted by molar-refractivity contribution is 0.0768. The van der Waals surface area contributed by atoms with Crippen molar-refractivity contribution >= 4 is 18.0 Å². The lowest BCUT2D eigenvalue weighted by atomic mass is 9.77. The fraction of sp³-hybridized carbons (Fsp3) is 0.480. The summed E-state index contributed by atoms with van der Waals surface area (Å²) in [5.41, 5.74) is 1.99. The fourth-order valence-electron chi connectivity index (χ4n) is 4.15. The first kappa shape index (κ1) is 21.0. The number of carbonyl (C=O) groups is 1. The molecule has 0 aliphatic heterocycles. The zero-order valence-electron chi connectivity index (χ0n) is 16.9. The average molecular weight is 397 g/mol. The fourth-order valence-corrected chi connectivity index (χ4v) is 4.68. The van der Waals surface area contributed by atoms with Gasteiger partial charge in [-0.15, -0.1) is 0 Å². The highest BCUT2D eigenvalue weighted by molar-refractivity contribution is 7.95. The topological polar surface area (TPSA) is 26.3 Å². The first-order valence-corrected chi connectivity index (χ1v) is 11.5. The number of hydrogen-bond acceptors (Lipinski definition) is 3. The van der Waals surface area contributed by atoms with E-state index >= 15 is 0 Å². The molecule has 0 radical (unpaired) electrons. The molecule has 2 aromatic rings. The van der Waals surface area contributed by atoms with E-state index in [1.807, 2.05) is 42.5 Å². The van der Waals surface area contributed by atoms with Crippen LogP contribution in [0.2, 0.25) is 0 Å². The van der Waals surface area contributed by atoms with Crippen LogP contribution in [0.4, 0.5) is 0 Å². The Morgan fingerprint density at radius 3 is 2.32 bits per heavy atom. The van der Waals surface area contributed by atoms with Crippen molar-refractivity contribution in [3.63, 3.8) is 0 Å². The second-order valence-electron chi connectivity index (χ2n) is 7.96. The van der Waals surface area contributed by atoms with E-state index in [9.17, 15) is 4.79 Å². The van der Waals surface area contributed by atoms with Crippen LogP contribution >= 0.6 is 12.0 Å². The summed E-state index contributed by atoms with van der Waals surface area (Å²) in [5, 5.41) is 0. The normalized spacial score (nSPS) is 19.3. The molecular weight excluding hydrogens is 364 g/mol. The maximum atomic E-state index is 12.3. The SMILES string of the molecule is CCCCCCC1CCC(c2ccc(C(=O)OSc3ccccc3)cc2)CC1. The second-order valence-corrected chi connectivity index (χ2v) is 8.76. The van der Waals surface area contributed by atoms with Crippen LogP contribution in [-0.2, 0) is 4.18 Å². The molecule has 0 aromatic heterocycles. The Kier molecular flexibility index (Phi) is 8.47. The molecule has 0 saturated heterocycles. The smallest absolute Gasteiger partial charge is 0.350 e. The van der Waals surface area contributed by atoms with Crippen LogP contribution in [0.5, 0.6) is 0 Å². The molecule has 0 N–H and O–H groups in total. The molecule has 3 rings (SSSR count). The van der Waals surface area contributed by atoms with Crippen LogP contribution in [0, 0.1) is 5.92 Å². The first-order chi connectivity index (χ1) is 13.8. The van der Waals surface area contributed by atoms with E-state index in [1.54, 1.807) is 0 Å². The molecule has 2 nitrogen and oxygen atoms in total. The van der Waals surface area contributed by atoms with Gasteiger partial charge in [0.15, 0.2) is 0 Å². The average Bonchev–Trinajstić information content (AvgIpc) is 2.76. The van der Waals surface area contributed by atoms with Crippen LogP contribution in [0.1, 0.15) is 86.6 Å². The minimum Gasteiger partial charge on any atom is -0.382 e. The van der Waals surface area contributed by atoms with E-state index in [0.717, 1.165) is 22.9 Å². The molecule has 0 amide bonds. The van der Waals surface area contributed by atoms with E-state index in [1.165, 1.54) is 63.4 Å². The summed E-state index contributed by atoms with van der Waals surface area (Å²) in [6.07, 6.45) is 12.2. The van der Waals surface area contributed by atoms with Gasteiger partial charge in [0, 0.05) is 4.90 Å². The van der Waals surface area contributed by atoms with Gasteiger partial charge in [-0.05, 0) is 67.3 Å². The third-order valence-electron chi connectivity index (χ3n) is 5.89. The molecule has 1 aliphatic rings. The van der Waals surface area contributed by atoms with E-state index in [4.69, 9.17) is 4.18 Å². The lowest BCUT2D eigenvalue weighted by Gasteiger charge is -2.29. The molecule has 1 fully saturated rings. The highest BCUT2D eigenvalue weighted by atomic mass is 32.2. The minimum atomic E-state index is -0.281. The van der Waals surface area contributed by atoms with Crippen LogP contribution < -0.4 is 0 Å². The van der Waals surface area contributed by atoms with Gasteiger partial charge in [-0.3, -0.25) is 0 Å². The Morgan fingerprint density at radius 2 is 1.64 bits per heavy atom. The molecule has 3 heteroatoms. The molecule has 0 spiro atoms. The number of rotatable bonds is 9. The van der Waals surface area contributed by atoms with E-state index in [-0.39, 0.29) is 5.97 Å². The van der Waals surface area contributed by atoms with Crippen LogP contribution in [-0.4, -0.2) is 5.97 Å². The maximum absolute atomic E-state index is 12.3. The zero-order chi connectivity index (χ0) is 19.6. The number of hydrogen-bond donors (Lipinski definition) is 0. The molecule has 1 aliphatic carbocycles. The second kappa shape index (κ2) is 11.3. The summed E-state index contributed by atoms with van der Waals surface area (Å²) in [5.74, 6) is 1.30. The summed E-state index contributed by atoms with van der Waals surface area (Å²) in [6, 6.07) is 17.8. The van der Waals surface area contributed by atoms with Gasteiger partial charge in [0.05, 0.1) is 17.6 Å². The molecule has 0 atom stereocenters. The lowest BCUT2D eigenvalue weighted by Crippen LogP contribution is -2.13. The standard InChI is InChI=1S/C25H32O2S/c1-2-3-4-6-9-20-12-14-21(15-13-20)22-16-18-23(19-17-22)25(26)27-28-24-10-7-5-8-11-24/h5,7-8,10-11,16-21H,2-4,6,9,12-15H2,1H3. The Morgan fingerprint density at radius 1 is 0.929 bits per heavy atom. The van der Waals surface area contributed by atoms with Crippen LogP contribution in [0.25, 0.3) is 0 Å². The summed E-state index contributed by atoms with van der Waals surface area (Å²) in [4.78, 5) is 13.2. The first-order valence-electron chi connectivity index (χ1n) is 10.8. The van der Waals surface area contributed by atoms with Crippen molar-refractivity contribution in [3.8, 4) is 0 Å². The number of unbranched alkanes of at least 4 members (excludes halogenated alkanes) is 3. The zero-order valence-corrected chi connectivity index (χ0v) is 17.8. The molecule has 150 valence electrons. The Bertz CT molecular complexity index is 703. The van der Waals surface area contributed by atoms with Gasteiger partial charge in [0.25, 0.3) is 0 Å². The molecular formula is C25H32O2S. The highest BCUT2D eigenvalue weighted by Gasteiger charge is 2.22. The van der Waals surface area contributed by atoms with Crippen molar-refractivity contribution in [2.24, 2.45) is 5.92 Å². The van der Waals surface area contributed by atoms with Crippen molar-refractivity contribution in [2.45, 2.75) is 75.5 Å². The van der Waals surface area contributed by atoms with Gasteiger partial charge in [-0.2, -0.15) is 0 Å². The van der Waals surface area contributed by atoms with Gasteiger partial charge < -0.3 is 4.18 Å². The quantitative estimate of drug-likeness (QED) is 0.319. The number of carbonyl (C=O) groups excluding carboxylic acids is 1. The number of benzene rings is 2. The Labute approximate surface area is 174 Å². The third kappa shape index (κ3) is 6.41. The highest BCUT2D eigenvalue weighted by Crippen LogP contribution is 2.37. The Balaban J connectivity index is 1.43. The predicted molar refractivity (Wildman–Crippen MR) is 118 cm³/mol. The van der Waals surface area contributed by atoms with E-state index in [2.05, 4.69) is 19.1 Å². The maximum Gasteiger partial charge on any atom is 0.350 e. The van der Waals surface area contributed by atoms with Crippen molar-refractivity contribution in [1.82, 2.24) is 0 Å². The van der Waals surface area contributed by atoms with Crippen molar-refractivity contribution in [3.05, 3.63) is 65.7 Å². The largest absolute Gasteiger partial charge is 0.382 e. The molecule has 0 heterocycles. The molecule has 2 aromatic carbocycles. The predicted octanol–water partition coefficient (Wildman–Crippen LogP) is 7.79. The van der Waals surface area contributed by atoms with Gasteiger partial charge in [0.1, 0.15) is 0 Å². The van der Waals surface area contributed by atoms with Crippen molar-refractivity contribution in [2.75, 3.05) is 0 Å². The van der Waals surface area contributed by atoms with Crippen molar-refractivity contribution < 1.29 is 8.98 Å². The van der Waals surface area contributed by atoms with Crippen LogP contribution in [0.15, 0.2) is 59.5 Å². The van der Waals surface area contributed by atoms with E-state index in [0.29, 0.717) is 11.5 Å². The third-order valence-corrected chi connectivity index (χ3v) is 6.59. The van der Waals surface area contributed by atoms with Gasteiger partial charge >= 0.3 is 5.97 Å². The molecule has 0 bridgehead atoms. The molecule has 0 unspecified atom stereocenters. The summed E-state index contributed by atoms with van der Waals surface area (Å²) in [7, 11) is 0. The monoisotopic (exact) mass is 396 g/mol. The summed E-state index contributed by atoms with van der Waals surface area (Å²) in [6.45, 7) is 2.28. The van der Waals surface area contributed by atoms with Gasteiger partial charge in [-0.25, -0.2) is 4.79 Å². The molecule has 28 heavy (non-hydrogen) atoms. The summed E-state index contributed by atoms with van der Waals surface area (Å²) >= 11 is 1.12. The van der Waals surface area contributed by atoms with Gasteiger partial charge in [-0.1, -0.05) is 69.4 Å². The molecule has 1 saturated carbocycles. The summed E-state index contributed by atoms with van der Waals surface area (Å²) < 4.78 is 5.35. The van der Waals surface area contributed by atoms with Crippen LogP contribution in [0.3, 0.4) is 0 Å². The minimum absolute atomic E-state index is 0.281. The Hall–Kier alpha value is -1.74. The van der Waals surface area contributed by atoms with E-state index < -0.39 is 0 Å². The van der Waals surface area contributed by atoms with Gasteiger partial charge in [0.2, 0.25) is 0 Å².